The fourth-order valence-corrected chi connectivity index (χ4v) is 10.5. The third-order valence-electron chi connectivity index (χ3n) is 12.3. The first-order valence-electron chi connectivity index (χ1n) is 14.9. The van der Waals surface area contributed by atoms with Crippen molar-refractivity contribution in [3.8, 4) is 17.2 Å². The van der Waals surface area contributed by atoms with Gasteiger partial charge in [0.25, 0.3) is 0 Å². The normalized spacial score (nSPS) is 40.1. The summed E-state index contributed by atoms with van der Waals surface area (Å²) in [5, 5.41) is 12.3. The summed E-state index contributed by atoms with van der Waals surface area (Å²) in [4.78, 5) is 2.84. The van der Waals surface area contributed by atoms with Gasteiger partial charge < -0.3 is 24.1 Å². The van der Waals surface area contributed by atoms with Crippen LogP contribution in [-0.2, 0) is 16.6 Å². The minimum Gasteiger partial charge on any atom is -0.497 e. The van der Waals surface area contributed by atoms with Gasteiger partial charge in [0.15, 0.2) is 11.5 Å². The van der Waals surface area contributed by atoms with Crippen LogP contribution in [0.1, 0.15) is 68.2 Å². The molecule has 208 valence electrons. The second-order valence-electron chi connectivity index (χ2n) is 13.5. The number of ether oxygens (including phenoxy) is 4. The molecule has 6 nitrogen and oxygen atoms in total. The highest BCUT2D eigenvalue weighted by Gasteiger charge is 2.84. The molecule has 2 aromatic rings. The van der Waals surface area contributed by atoms with Crippen LogP contribution in [0.25, 0.3) is 0 Å². The van der Waals surface area contributed by atoms with Crippen molar-refractivity contribution < 1.29 is 24.1 Å². The van der Waals surface area contributed by atoms with Crippen LogP contribution in [0.5, 0.6) is 17.2 Å². The van der Waals surface area contributed by atoms with Crippen molar-refractivity contribution >= 4 is 0 Å². The Labute approximate surface area is 231 Å². The Morgan fingerprint density at radius 3 is 2.51 bits per heavy atom. The molecule has 1 saturated heterocycles. The molecule has 4 saturated carbocycles. The lowest BCUT2D eigenvalue weighted by atomic mass is 9.31. The molecule has 39 heavy (non-hydrogen) atoms. The van der Waals surface area contributed by atoms with Crippen molar-refractivity contribution in [2.75, 3.05) is 34.4 Å². The van der Waals surface area contributed by atoms with E-state index >= 15 is 0 Å². The van der Waals surface area contributed by atoms with E-state index in [4.69, 9.17) is 18.9 Å². The molecule has 7 unspecified atom stereocenters. The zero-order valence-electron chi connectivity index (χ0n) is 23.7. The van der Waals surface area contributed by atoms with E-state index in [1.165, 1.54) is 30.5 Å². The first kappa shape index (κ1) is 24.5. The van der Waals surface area contributed by atoms with Crippen molar-refractivity contribution in [3.05, 3.63) is 53.1 Å². The zero-order chi connectivity index (χ0) is 26.8. The van der Waals surface area contributed by atoms with Crippen molar-refractivity contribution in [2.24, 2.45) is 16.7 Å². The lowest BCUT2D eigenvalue weighted by molar-refractivity contribution is -0.324. The Morgan fingerprint density at radius 2 is 1.82 bits per heavy atom. The number of hydrogen-bond acceptors (Lipinski definition) is 6. The molecule has 0 amide bonds. The van der Waals surface area contributed by atoms with E-state index in [1.807, 2.05) is 31.4 Å². The molecule has 0 radical (unpaired) electrons. The number of nitrogens with zero attached hydrogens (tertiary/aromatic N) is 1. The van der Waals surface area contributed by atoms with Gasteiger partial charge in [0.2, 0.25) is 0 Å². The van der Waals surface area contributed by atoms with E-state index in [2.05, 4.69) is 24.0 Å². The van der Waals surface area contributed by atoms with Crippen LogP contribution in [0, 0.1) is 16.7 Å². The Hall–Kier alpha value is -2.28. The molecular formula is C33H41NO5. The van der Waals surface area contributed by atoms with Gasteiger partial charge in [-0.05, 0) is 86.7 Å². The summed E-state index contributed by atoms with van der Waals surface area (Å²) < 4.78 is 25.2. The summed E-state index contributed by atoms with van der Waals surface area (Å²) in [7, 11) is 5.28. The first-order valence-corrected chi connectivity index (χ1v) is 14.9. The highest BCUT2D eigenvalue weighted by molar-refractivity contribution is 5.64. The number of methoxy groups -OCH3 is 3. The number of aliphatic hydroxyl groups excluding tert-OH is 1. The fourth-order valence-electron chi connectivity index (χ4n) is 10.5. The van der Waals surface area contributed by atoms with Crippen LogP contribution in [0.3, 0.4) is 0 Å². The van der Waals surface area contributed by atoms with Crippen LogP contribution >= 0.6 is 0 Å². The highest BCUT2D eigenvalue weighted by Crippen LogP contribution is 2.80. The minimum absolute atomic E-state index is 0.0118. The molecule has 7 atom stereocenters. The third kappa shape index (κ3) is 2.74. The molecular weight excluding hydrogens is 490 g/mol. The summed E-state index contributed by atoms with van der Waals surface area (Å²) in [5.74, 6) is 3.41. The van der Waals surface area contributed by atoms with Gasteiger partial charge in [-0.3, -0.25) is 4.90 Å². The van der Waals surface area contributed by atoms with E-state index in [0.29, 0.717) is 6.04 Å². The summed E-state index contributed by atoms with van der Waals surface area (Å²) in [6, 6.07) is 12.8. The molecule has 4 bridgehead atoms. The summed E-state index contributed by atoms with van der Waals surface area (Å²) in [6.07, 6.45) is 6.92. The van der Waals surface area contributed by atoms with Crippen molar-refractivity contribution in [3.63, 3.8) is 0 Å². The average Bonchev–Trinajstić information content (AvgIpc) is 3.71. The number of likely N-dealkylation sites (tertiary alicyclic amines) is 1. The number of benzene rings is 2. The Balaban J connectivity index is 1.34. The number of fused-ring (bicyclic) bond motifs is 2. The second-order valence-corrected chi connectivity index (χ2v) is 13.5. The van der Waals surface area contributed by atoms with Crippen LogP contribution in [0.4, 0.5) is 0 Å². The number of rotatable bonds is 7. The van der Waals surface area contributed by atoms with Gasteiger partial charge in [-0.2, -0.15) is 0 Å². The van der Waals surface area contributed by atoms with E-state index in [-0.39, 0.29) is 16.9 Å². The Bertz CT molecular complexity index is 1320. The summed E-state index contributed by atoms with van der Waals surface area (Å²) >= 11 is 0. The molecule has 6 heteroatoms. The average molecular weight is 532 g/mol. The van der Waals surface area contributed by atoms with Crippen molar-refractivity contribution in [1.29, 1.82) is 0 Å². The number of hydrogen-bond donors (Lipinski definition) is 1. The van der Waals surface area contributed by atoms with Crippen LogP contribution in [0.15, 0.2) is 36.4 Å². The molecule has 5 fully saturated rings. The quantitative estimate of drug-likeness (QED) is 0.540. The largest absolute Gasteiger partial charge is 0.497 e. The predicted octanol–water partition coefficient (Wildman–Crippen LogP) is 5.05. The predicted molar refractivity (Wildman–Crippen MR) is 148 cm³/mol. The van der Waals surface area contributed by atoms with Crippen molar-refractivity contribution in [1.82, 2.24) is 4.90 Å². The third-order valence-corrected chi connectivity index (χ3v) is 12.3. The van der Waals surface area contributed by atoms with Crippen LogP contribution in [-0.4, -0.2) is 62.2 Å². The highest BCUT2D eigenvalue weighted by atomic mass is 16.6. The van der Waals surface area contributed by atoms with Gasteiger partial charge in [0, 0.05) is 41.5 Å². The molecule has 2 aliphatic heterocycles. The van der Waals surface area contributed by atoms with E-state index < -0.39 is 17.1 Å². The van der Waals surface area contributed by atoms with Gasteiger partial charge in [0.05, 0.1) is 20.3 Å². The maximum Gasteiger partial charge on any atom is 0.165 e. The SMILES string of the molecule is COc1ccc(C(O)C2(C)CC34CCC2(OC)C2Oc5c(OC)ccc6c5C23CCN(CC2CC2)C4C6)cc1. The molecule has 0 aromatic heterocycles. The van der Waals surface area contributed by atoms with Crippen LogP contribution < -0.4 is 14.2 Å². The van der Waals surface area contributed by atoms with E-state index in [1.54, 1.807) is 14.2 Å². The van der Waals surface area contributed by atoms with Gasteiger partial charge in [0.1, 0.15) is 17.5 Å². The molecule has 9 rings (SSSR count). The lowest BCUT2D eigenvalue weighted by Gasteiger charge is -2.76. The van der Waals surface area contributed by atoms with Gasteiger partial charge in [-0.25, -0.2) is 0 Å². The molecule has 1 N–H and O–H groups in total. The van der Waals surface area contributed by atoms with E-state index in [0.717, 1.165) is 67.4 Å². The standard InChI is InChI=1S/C33H41NO5/c1-30(28(35)21-7-10-23(36-2)11-8-21)19-31-13-14-33(30,38-4)29-32(31)15-16-34(18-20-5-6-20)25(31)17-22-9-12-24(37-3)27(39-29)26(22)32/h7-12,20,25,28-29,35H,5-6,13-19H2,1-4H3. The number of piperidine rings is 1. The minimum atomic E-state index is -0.689. The van der Waals surface area contributed by atoms with Crippen LogP contribution in [0.2, 0.25) is 0 Å². The monoisotopic (exact) mass is 531 g/mol. The Morgan fingerprint density at radius 1 is 1.03 bits per heavy atom. The zero-order valence-corrected chi connectivity index (χ0v) is 23.7. The first-order chi connectivity index (χ1) is 18.9. The summed E-state index contributed by atoms with van der Waals surface area (Å²) in [6.45, 7) is 4.59. The smallest absolute Gasteiger partial charge is 0.165 e. The van der Waals surface area contributed by atoms with Gasteiger partial charge in [-0.1, -0.05) is 25.1 Å². The number of aliphatic hydroxyl groups is 1. The van der Waals surface area contributed by atoms with Gasteiger partial charge in [-0.15, -0.1) is 0 Å². The molecule has 2 heterocycles. The maximum absolute atomic E-state index is 12.3. The van der Waals surface area contributed by atoms with Gasteiger partial charge >= 0.3 is 0 Å². The molecule has 5 aliphatic carbocycles. The maximum atomic E-state index is 12.3. The topological polar surface area (TPSA) is 60.4 Å². The Kier molecular flexibility index (Phi) is 4.98. The summed E-state index contributed by atoms with van der Waals surface area (Å²) in [5.41, 5.74) is 2.47. The van der Waals surface area contributed by atoms with Crippen molar-refractivity contribution in [2.45, 2.75) is 81.1 Å². The van der Waals surface area contributed by atoms with E-state index in [9.17, 15) is 5.11 Å². The molecule has 2 spiro atoms. The second kappa shape index (κ2) is 7.92. The molecule has 7 aliphatic rings. The fraction of sp³-hybridized carbons (Fsp3) is 0.636. The molecule has 2 aromatic carbocycles. The lowest BCUT2D eigenvalue weighted by Crippen LogP contribution is -2.83.